The van der Waals surface area contributed by atoms with E-state index in [1.54, 1.807) is 0 Å². The highest BCUT2D eigenvalue weighted by Gasteiger charge is 2.21. The molecule has 0 bridgehead atoms. The van der Waals surface area contributed by atoms with Gasteiger partial charge in [-0.1, -0.05) is 32.4 Å². The first kappa shape index (κ1) is 13.1. The molecule has 3 nitrogen and oxygen atoms in total. The van der Waals surface area contributed by atoms with Gasteiger partial charge in [-0.2, -0.15) is 0 Å². The number of nitrogens with two attached hydrogens (primary N) is 1. The van der Waals surface area contributed by atoms with Crippen LogP contribution in [0.5, 0.6) is 0 Å². The van der Waals surface area contributed by atoms with Gasteiger partial charge in [0.05, 0.1) is 5.02 Å². The monoisotopic (exact) mass is 267 g/mol. The van der Waals surface area contributed by atoms with Crippen molar-refractivity contribution in [3.8, 4) is 0 Å². The Balaban J connectivity index is 2.86. The first-order valence-corrected chi connectivity index (χ1v) is 5.98. The molecule has 96 valence electrons. The number of halogens is 2. The standard InChI is InChI=1S/C13H15ClFN3/c1-13(2,3)8-6-7-9(14)4-5-10(15)11(7)17-12(8)18-16/h4-6H,16H2,1-3H3,(H,17,18). The zero-order chi connectivity index (χ0) is 13.5. The zero-order valence-electron chi connectivity index (χ0n) is 10.5. The molecule has 0 radical (unpaired) electrons. The molecule has 0 aliphatic heterocycles. The third-order valence-electron chi connectivity index (χ3n) is 2.83. The van der Waals surface area contributed by atoms with Gasteiger partial charge >= 0.3 is 0 Å². The van der Waals surface area contributed by atoms with Crippen LogP contribution >= 0.6 is 11.6 Å². The molecular formula is C13H15ClFN3. The van der Waals surface area contributed by atoms with E-state index in [1.165, 1.54) is 12.1 Å². The summed E-state index contributed by atoms with van der Waals surface area (Å²) < 4.78 is 13.7. The summed E-state index contributed by atoms with van der Waals surface area (Å²) >= 11 is 6.09. The lowest BCUT2D eigenvalue weighted by Gasteiger charge is -2.22. The van der Waals surface area contributed by atoms with Crippen molar-refractivity contribution in [2.45, 2.75) is 26.2 Å². The summed E-state index contributed by atoms with van der Waals surface area (Å²) in [6.45, 7) is 6.09. The molecule has 0 spiro atoms. The molecule has 5 heteroatoms. The smallest absolute Gasteiger partial charge is 0.149 e. The van der Waals surface area contributed by atoms with Crippen molar-refractivity contribution in [2.75, 3.05) is 5.43 Å². The Hall–Kier alpha value is -1.39. The highest BCUT2D eigenvalue weighted by Crippen LogP contribution is 2.34. The lowest BCUT2D eigenvalue weighted by molar-refractivity contribution is 0.589. The molecule has 2 aromatic rings. The van der Waals surface area contributed by atoms with Crippen molar-refractivity contribution in [1.29, 1.82) is 0 Å². The normalized spacial score (nSPS) is 11.9. The molecule has 0 fully saturated rings. The van der Waals surface area contributed by atoms with Gasteiger partial charge in [-0.15, -0.1) is 0 Å². The van der Waals surface area contributed by atoms with Gasteiger partial charge < -0.3 is 5.43 Å². The second-order valence-corrected chi connectivity index (χ2v) is 5.61. The molecule has 0 amide bonds. The number of nitrogen functional groups attached to an aromatic ring is 1. The van der Waals surface area contributed by atoms with Gasteiger partial charge in [0, 0.05) is 10.9 Å². The molecule has 2 rings (SSSR count). The SMILES string of the molecule is CC(C)(C)c1cc2c(Cl)ccc(F)c2nc1NN. The minimum atomic E-state index is -0.411. The van der Waals surface area contributed by atoms with E-state index in [0.717, 1.165) is 5.56 Å². The Bertz CT molecular complexity index is 605. The number of hydrogen-bond acceptors (Lipinski definition) is 3. The minimum absolute atomic E-state index is 0.168. The molecule has 1 aromatic heterocycles. The Morgan fingerprint density at radius 1 is 1.33 bits per heavy atom. The zero-order valence-corrected chi connectivity index (χ0v) is 11.3. The Kier molecular flexibility index (Phi) is 3.17. The average molecular weight is 268 g/mol. The van der Waals surface area contributed by atoms with Crippen LogP contribution in [0.2, 0.25) is 5.02 Å². The quantitative estimate of drug-likeness (QED) is 0.613. The van der Waals surface area contributed by atoms with E-state index in [-0.39, 0.29) is 10.9 Å². The topological polar surface area (TPSA) is 50.9 Å². The van der Waals surface area contributed by atoms with Crippen LogP contribution in [0, 0.1) is 5.82 Å². The number of rotatable bonds is 1. The van der Waals surface area contributed by atoms with Crippen LogP contribution < -0.4 is 11.3 Å². The van der Waals surface area contributed by atoms with E-state index >= 15 is 0 Å². The summed E-state index contributed by atoms with van der Waals surface area (Å²) in [7, 11) is 0. The van der Waals surface area contributed by atoms with Gasteiger partial charge in [0.25, 0.3) is 0 Å². The van der Waals surface area contributed by atoms with E-state index in [9.17, 15) is 4.39 Å². The molecule has 0 aliphatic carbocycles. The van der Waals surface area contributed by atoms with E-state index < -0.39 is 5.82 Å². The molecule has 18 heavy (non-hydrogen) atoms. The second kappa shape index (κ2) is 4.37. The van der Waals surface area contributed by atoms with Crippen molar-refractivity contribution in [3.63, 3.8) is 0 Å². The largest absolute Gasteiger partial charge is 0.308 e. The third-order valence-corrected chi connectivity index (χ3v) is 3.16. The Morgan fingerprint density at radius 2 is 2.00 bits per heavy atom. The van der Waals surface area contributed by atoms with E-state index in [2.05, 4.69) is 10.4 Å². The van der Waals surface area contributed by atoms with Crippen LogP contribution in [0.3, 0.4) is 0 Å². The van der Waals surface area contributed by atoms with Gasteiger partial charge in [0.15, 0.2) is 0 Å². The van der Waals surface area contributed by atoms with Crippen LogP contribution in [-0.4, -0.2) is 4.98 Å². The van der Waals surface area contributed by atoms with Crippen molar-refractivity contribution in [2.24, 2.45) is 5.84 Å². The molecule has 0 saturated carbocycles. The minimum Gasteiger partial charge on any atom is -0.308 e. The summed E-state index contributed by atoms with van der Waals surface area (Å²) in [5.74, 6) is 5.52. The van der Waals surface area contributed by atoms with Crippen molar-refractivity contribution in [3.05, 3.63) is 34.6 Å². The van der Waals surface area contributed by atoms with E-state index in [4.69, 9.17) is 17.4 Å². The van der Waals surface area contributed by atoms with Gasteiger partial charge in [-0.25, -0.2) is 15.2 Å². The molecule has 0 atom stereocenters. The number of anilines is 1. The maximum atomic E-state index is 13.7. The summed E-state index contributed by atoms with van der Waals surface area (Å²) in [5, 5.41) is 1.08. The number of hydrazine groups is 1. The molecule has 0 aliphatic rings. The summed E-state index contributed by atoms with van der Waals surface area (Å²) in [4.78, 5) is 4.22. The average Bonchev–Trinajstić information content (AvgIpc) is 2.31. The maximum absolute atomic E-state index is 13.7. The van der Waals surface area contributed by atoms with E-state index in [1.807, 2.05) is 26.8 Å². The van der Waals surface area contributed by atoms with Crippen molar-refractivity contribution in [1.82, 2.24) is 4.98 Å². The summed E-state index contributed by atoms with van der Waals surface area (Å²) in [5.41, 5.74) is 3.47. The molecule has 1 heterocycles. The van der Waals surface area contributed by atoms with E-state index in [0.29, 0.717) is 16.2 Å². The highest BCUT2D eigenvalue weighted by molar-refractivity contribution is 6.35. The van der Waals surface area contributed by atoms with Crippen LogP contribution in [-0.2, 0) is 5.41 Å². The fourth-order valence-electron chi connectivity index (χ4n) is 1.87. The van der Waals surface area contributed by atoms with Crippen LogP contribution in [0.4, 0.5) is 10.2 Å². The predicted octanol–water partition coefficient (Wildman–Crippen LogP) is 3.61. The lowest BCUT2D eigenvalue weighted by atomic mass is 9.86. The second-order valence-electron chi connectivity index (χ2n) is 5.20. The Morgan fingerprint density at radius 3 is 2.56 bits per heavy atom. The summed E-state index contributed by atoms with van der Waals surface area (Å²) in [6.07, 6.45) is 0. The molecule has 1 aromatic carbocycles. The van der Waals surface area contributed by atoms with Crippen LogP contribution in [0.1, 0.15) is 26.3 Å². The van der Waals surface area contributed by atoms with Crippen molar-refractivity contribution < 1.29 is 4.39 Å². The molecular weight excluding hydrogens is 253 g/mol. The molecule has 0 saturated heterocycles. The number of nitrogens with zero attached hydrogens (tertiary/aromatic N) is 1. The van der Waals surface area contributed by atoms with Gasteiger partial charge in [0.2, 0.25) is 0 Å². The third kappa shape index (κ3) is 2.13. The Labute approximate surface area is 110 Å². The number of benzene rings is 1. The number of pyridine rings is 1. The van der Waals surface area contributed by atoms with Gasteiger partial charge in [-0.3, -0.25) is 0 Å². The fourth-order valence-corrected chi connectivity index (χ4v) is 2.08. The van der Waals surface area contributed by atoms with Gasteiger partial charge in [-0.05, 0) is 23.6 Å². The predicted molar refractivity (Wildman–Crippen MR) is 73.2 cm³/mol. The van der Waals surface area contributed by atoms with Crippen molar-refractivity contribution >= 4 is 28.3 Å². The van der Waals surface area contributed by atoms with Crippen LogP contribution in [0.15, 0.2) is 18.2 Å². The number of fused-ring (bicyclic) bond motifs is 1. The summed E-state index contributed by atoms with van der Waals surface area (Å²) in [6, 6.07) is 4.67. The lowest BCUT2D eigenvalue weighted by Crippen LogP contribution is -2.19. The highest BCUT2D eigenvalue weighted by atomic mass is 35.5. The number of hydrogen-bond donors (Lipinski definition) is 2. The number of aromatic nitrogens is 1. The molecule has 3 N–H and O–H groups in total. The van der Waals surface area contributed by atoms with Gasteiger partial charge in [0.1, 0.15) is 17.2 Å². The maximum Gasteiger partial charge on any atom is 0.149 e. The first-order chi connectivity index (χ1) is 8.34. The first-order valence-electron chi connectivity index (χ1n) is 5.60. The fraction of sp³-hybridized carbons (Fsp3) is 0.308. The number of nitrogens with one attached hydrogen (secondary N) is 1. The molecule has 0 unspecified atom stereocenters. The van der Waals surface area contributed by atoms with Crippen LogP contribution in [0.25, 0.3) is 10.9 Å².